The number of rotatable bonds is 4. The van der Waals surface area contributed by atoms with E-state index in [9.17, 15) is 9.59 Å². The number of aromatic carboxylic acids is 1. The highest BCUT2D eigenvalue weighted by Gasteiger charge is 2.32. The molecule has 0 radical (unpaired) electrons. The number of carboxylic acid groups (broad SMARTS) is 1. The minimum absolute atomic E-state index is 0.125. The molecule has 9 nitrogen and oxygen atoms in total. The summed E-state index contributed by atoms with van der Waals surface area (Å²) in [6.07, 6.45) is 4.99. The number of carbonyl (C=O) groups excluding carboxylic acids is 1. The van der Waals surface area contributed by atoms with Gasteiger partial charge in [0.25, 0.3) is 5.91 Å². The summed E-state index contributed by atoms with van der Waals surface area (Å²) in [4.78, 5) is 37.6. The highest BCUT2D eigenvalue weighted by molar-refractivity contribution is 5.93. The van der Waals surface area contributed by atoms with Crippen LogP contribution in [0.4, 0.5) is 0 Å². The summed E-state index contributed by atoms with van der Waals surface area (Å²) < 4.78 is 0. The number of nitrogens with zero attached hydrogens (tertiary/aromatic N) is 5. The molecule has 1 fully saturated rings. The molecule has 0 saturated carbocycles. The predicted octanol–water partition coefficient (Wildman–Crippen LogP) is 1.78. The molecule has 1 unspecified atom stereocenters. The van der Waals surface area contributed by atoms with Gasteiger partial charge in [-0.1, -0.05) is 13.8 Å². The lowest BCUT2D eigenvalue weighted by Gasteiger charge is -2.34. The predicted molar refractivity (Wildman–Crippen MR) is 87.1 cm³/mol. The van der Waals surface area contributed by atoms with Gasteiger partial charge in [-0.3, -0.25) is 9.89 Å². The first-order valence-corrected chi connectivity index (χ1v) is 8.26. The maximum atomic E-state index is 12.8. The van der Waals surface area contributed by atoms with E-state index in [2.05, 4.69) is 25.1 Å². The van der Waals surface area contributed by atoms with E-state index in [4.69, 9.17) is 5.11 Å². The van der Waals surface area contributed by atoms with Gasteiger partial charge < -0.3 is 10.0 Å². The fourth-order valence-corrected chi connectivity index (χ4v) is 2.85. The molecule has 3 heterocycles. The summed E-state index contributed by atoms with van der Waals surface area (Å²) in [6.45, 7) is 4.61. The summed E-state index contributed by atoms with van der Waals surface area (Å²) in [5, 5.41) is 16.1. The van der Waals surface area contributed by atoms with E-state index in [0.717, 1.165) is 31.3 Å². The number of H-pyrrole nitrogens is 1. The average Bonchev–Trinajstić information content (AvgIpc) is 3.11. The van der Waals surface area contributed by atoms with Crippen molar-refractivity contribution in [1.82, 2.24) is 30.0 Å². The number of aromatic nitrogens is 5. The Morgan fingerprint density at radius 1 is 1.24 bits per heavy atom. The highest BCUT2D eigenvalue weighted by atomic mass is 16.4. The Labute approximate surface area is 144 Å². The number of carbonyl (C=O) groups is 2. The molecule has 2 aromatic rings. The first kappa shape index (κ1) is 17.0. The summed E-state index contributed by atoms with van der Waals surface area (Å²) in [6, 6.07) is -0.192. The Morgan fingerprint density at radius 3 is 2.56 bits per heavy atom. The smallest absolute Gasteiger partial charge is 0.356 e. The van der Waals surface area contributed by atoms with E-state index in [1.54, 1.807) is 4.90 Å². The van der Waals surface area contributed by atoms with Gasteiger partial charge in [-0.2, -0.15) is 5.10 Å². The number of nitrogens with one attached hydrogen (secondary N) is 1. The first-order chi connectivity index (χ1) is 12.0. The van der Waals surface area contributed by atoms with Crippen LogP contribution in [0.5, 0.6) is 0 Å². The third-order valence-corrected chi connectivity index (χ3v) is 4.21. The SMILES string of the molecule is CC(C)c1n[nH]c(C2CCCCN2C(=O)c2cnc(C(=O)O)cn2)n1. The second-order valence-electron chi connectivity index (χ2n) is 6.34. The molecule has 0 aliphatic carbocycles. The molecule has 132 valence electrons. The van der Waals surface area contributed by atoms with Gasteiger partial charge in [0.2, 0.25) is 0 Å². The molecule has 1 aliphatic rings. The van der Waals surface area contributed by atoms with Crippen LogP contribution in [-0.4, -0.2) is 53.6 Å². The standard InChI is InChI=1S/C16H20N6O3/c1-9(2)13-19-14(21-20-13)12-5-3-4-6-22(12)15(23)10-7-18-11(8-17-10)16(24)25/h7-9,12H,3-6H2,1-2H3,(H,24,25)(H,19,20,21). The number of hydrogen-bond acceptors (Lipinski definition) is 6. The van der Waals surface area contributed by atoms with Gasteiger partial charge in [-0.25, -0.2) is 19.7 Å². The van der Waals surface area contributed by atoms with Crippen LogP contribution in [0.3, 0.4) is 0 Å². The van der Waals surface area contributed by atoms with E-state index in [1.807, 2.05) is 13.8 Å². The molecule has 25 heavy (non-hydrogen) atoms. The maximum absolute atomic E-state index is 12.8. The van der Waals surface area contributed by atoms with Gasteiger partial charge in [-0.15, -0.1) is 0 Å². The van der Waals surface area contributed by atoms with Crippen molar-refractivity contribution in [3.05, 3.63) is 35.4 Å². The molecule has 1 amide bonds. The van der Waals surface area contributed by atoms with Crippen LogP contribution in [0, 0.1) is 0 Å². The van der Waals surface area contributed by atoms with Crippen molar-refractivity contribution < 1.29 is 14.7 Å². The van der Waals surface area contributed by atoms with E-state index in [-0.39, 0.29) is 29.3 Å². The normalized spacial score (nSPS) is 17.7. The Morgan fingerprint density at radius 2 is 1.96 bits per heavy atom. The Bertz CT molecular complexity index is 770. The molecular weight excluding hydrogens is 324 g/mol. The molecule has 9 heteroatoms. The van der Waals surface area contributed by atoms with Crippen molar-refractivity contribution in [2.45, 2.75) is 45.1 Å². The Balaban J connectivity index is 1.84. The van der Waals surface area contributed by atoms with Crippen LogP contribution < -0.4 is 0 Å². The first-order valence-electron chi connectivity index (χ1n) is 8.26. The second kappa shape index (κ2) is 6.96. The van der Waals surface area contributed by atoms with Crippen molar-refractivity contribution in [2.24, 2.45) is 0 Å². The number of carboxylic acids is 1. The summed E-state index contributed by atoms with van der Waals surface area (Å²) in [7, 11) is 0. The van der Waals surface area contributed by atoms with E-state index in [1.165, 1.54) is 6.20 Å². The fraction of sp³-hybridized carbons (Fsp3) is 0.500. The summed E-state index contributed by atoms with van der Waals surface area (Å²) >= 11 is 0. The lowest BCUT2D eigenvalue weighted by atomic mass is 10.0. The summed E-state index contributed by atoms with van der Waals surface area (Å²) in [5.74, 6) is 0.138. The van der Waals surface area contributed by atoms with Gasteiger partial charge >= 0.3 is 5.97 Å². The average molecular weight is 344 g/mol. The largest absolute Gasteiger partial charge is 0.476 e. The zero-order valence-corrected chi connectivity index (χ0v) is 14.1. The van der Waals surface area contributed by atoms with Crippen LogP contribution in [0.25, 0.3) is 0 Å². The Kier molecular flexibility index (Phi) is 4.73. The lowest BCUT2D eigenvalue weighted by molar-refractivity contribution is 0.0591. The molecule has 0 spiro atoms. The van der Waals surface area contributed by atoms with Crippen molar-refractivity contribution >= 4 is 11.9 Å². The van der Waals surface area contributed by atoms with Crippen molar-refractivity contribution in [3.63, 3.8) is 0 Å². The third-order valence-electron chi connectivity index (χ3n) is 4.21. The van der Waals surface area contributed by atoms with Crippen molar-refractivity contribution in [2.75, 3.05) is 6.54 Å². The monoisotopic (exact) mass is 344 g/mol. The second-order valence-corrected chi connectivity index (χ2v) is 6.34. The molecule has 1 saturated heterocycles. The van der Waals surface area contributed by atoms with Crippen LogP contribution in [0.1, 0.15) is 77.7 Å². The zero-order valence-electron chi connectivity index (χ0n) is 14.1. The Hall–Kier alpha value is -2.84. The van der Waals surface area contributed by atoms with Crippen LogP contribution >= 0.6 is 0 Å². The van der Waals surface area contributed by atoms with Crippen molar-refractivity contribution in [1.29, 1.82) is 0 Å². The van der Waals surface area contributed by atoms with E-state index >= 15 is 0 Å². The fourth-order valence-electron chi connectivity index (χ4n) is 2.85. The minimum Gasteiger partial charge on any atom is -0.476 e. The van der Waals surface area contributed by atoms with Gasteiger partial charge in [0.1, 0.15) is 11.5 Å². The highest BCUT2D eigenvalue weighted by Crippen LogP contribution is 2.30. The lowest BCUT2D eigenvalue weighted by Crippen LogP contribution is -2.39. The van der Waals surface area contributed by atoms with E-state index < -0.39 is 5.97 Å². The number of piperidine rings is 1. The molecule has 0 bridgehead atoms. The quantitative estimate of drug-likeness (QED) is 0.866. The topological polar surface area (TPSA) is 125 Å². The van der Waals surface area contributed by atoms with Crippen LogP contribution in [-0.2, 0) is 0 Å². The van der Waals surface area contributed by atoms with Gasteiger partial charge in [0.15, 0.2) is 11.5 Å². The zero-order chi connectivity index (χ0) is 18.0. The van der Waals surface area contributed by atoms with Crippen LogP contribution in [0.15, 0.2) is 12.4 Å². The molecule has 2 N–H and O–H groups in total. The van der Waals surface area contributed by atoms with Gasteiger partial charge in [-0.05, 0) is 19.3 Å². The molecule has 0 aromatic carbocycles. The molecular formula is C16H20N6O3. The number of amides is 1. The molecule has 3 rings (SSSR count). The van der Waals surface area contributed by atoms with Gasteiger partial charge in [0, 0.05) is 12.5 Å². The number of aromatic amines is 1. The number of likely N-dealkylation sites (tertiary alicyclic amines) is 1. The van der Waals surface area contributed by atoms with Crippen molar-refractivity contribution in [3.8, 4) is 0 Å². The van der Waals surface area contributed by atoms with Gasteiger partial charge in [0.05, 0.1) is 18.4 Å². The minimum atomic E-state index is -1.18. The molecule has 1 aliphatic heterocycles. The van der Waals surface area contributed by atoms with Crippen LogP contribution in [0.2, 0.25) is 0 Å². The summed E-state index contributed by atoms with van der Waals surface area (Å²) in [5.41, 5.74) is -0.0657. The number of hydrogen-bond donors (Lipinski definition) is 2. The molecule has 1 atom stereocenters. The van der Waals surface area contributed by atoms with E-state index in [0.29, 0.717) is 12.4 Å². The third kappa shape index (κ3) is 3.49. The maximum Gasteiger partial charge on any atom is 0.356 e. The molecule has 2 aromatic heterocycles.